The van der Waals surface area contributed by atoms with Crippen LogP contribution in [0.3, 0.4) is 0 Å². The Labute approximate surface area is 317 Å². The number of para-hydroxylation sites is 2. The number of hydrogen-bond acceptors (Lipinski definition) is 6. The first-order valence-electron chi connectivity index (χ1n) is 17.0. The molecule has 56 heavy (non-hydrogen) atoms. The molecule has 4 aromatic carbocycles. The minimum Gasteiger partial charge on any atom is -0.319 e. The number of hydrogen-bond donors (Lipinski definition) is 2. The maximum atomic E-state index is 14.0. The SMILES string of the molecule is CCCCc1nc2ccn(Cc3ccc(-c4ccccc4NS(=O)(=O)C(F)(F)F)cc3)c(=O)c2n1Cc1ccc(-c2ccccc2NS(=O)(=O)C(F)(F)F)cc1. The summed E-state index contributed by atoms with van der Waals surface area (Å²) in [6, 6.07) is 26.4. The molecule has 6 aromatic rings. The predicted molar refractivity (Wildman–Crippen MR) is 202 cm³/mol. The molecule has 2 heterocycles. The fourth-order valence-corrected chi connectivity index (χ4v) is 7.22. The molecule has 2 N–H and O–H groups in total. The number of halogens is 6. The van der Waals surface area contributed by atoms with E-state index in [1.165, 1.54) is 41.0 Å². The number of anilines is 2. The Kier molecular flexibility index (Phi) is 11.1. The molecule has 0 aliphatic heterocycles. The van der Waals surface area contributed by atoms with Crippen LogP contribution in [0.4, 0.5) is 37.7 Å². The lowest BCUT2D eigenvalue weighted by Crippen LogP contribution is -2.30. The smallest absolute Gasteiger partial charge is 0.319 e. The topological polar surface area (TPSA) is 132 Å². The van der Waals surface area contributed by atoms with Gasteiger partial charge < -0.3 is 9.13 Å². The van der Waals surface area contributed by atoms with Gasteiger partial charge >= 0.3 is 31.1 Å². The summed E-state index contributed by atoms with van der Waals surface area (Å²) in [5.74, 6) is 0.678. The van der Waals surface area contributed by atoms with E-state index in [-0.39, 0.29) is 41.2 Å². The van der Waals surface area contributed by atoms with Gasteiger partial charge in [0.25, 0.3) is 5.56 Å². The molecule has 2 aromatic heterocycles. The van der Waals surface area contributed by atoms with Gasteiger partial charge in [-0.25, -0.2) is 4.98 Å². The zero-order valence-electron chi connectivity index (χ0n) is 29.4. The summed E-state index contributed by atoms with van der Waals surface area (Å²) >= 11 is 0. The minimum absolute atomic E-state index is 0.124. The van der Waals surface area contributed by atoms with Gasteiger partial charge in [-0.1, -0.05) is 98.3 Å². The van der Waals surface area contributed by atoms with Gasteiger partial charge in [0.2, 0.25) is 0 Å². The maximum Gasteiger partial charge on any atom is 0.516 e. The van der Waals surface area contributed by atoms with Gasteiger partial charge in [0.1, 0.15) is 11.3 Å². The van der Waals surface area contributed by atoms with Crippen LogP contribution in [0.15, 0.2) is 114 Å². The first-order valence-corrected chi connectivity index (χ1v) is 20.0. The number of unbranched alkanes of at least 4 members (excludes halogenated alkanes) is 1. The molecule has 10 nitrogen and oxygen atoms in total. The number of imidazole rings is 1. The van der Waals surface area contributed by atoms with E-state index in [1.807, 2.05) is 11.5 Å². The average molecular weight is 818 g/mol. The van der Waals surface area contributed by atoms with Crippen LogP contribution in [0.5, 0.6) is 0 Å². The Morgan fingerprint density at radius 3 is 1.57 bits per heavy atom. The van der Waals surface area contributed by atoms with Crippen LogP contribution in [-0.4, -0.2) is 42.0 Å². The van der Waals surface area contributed by atoms with Crippen LogP contribution in [0.1, 0.15) is 36.7 Å². The van der Waals surface area contributed by atoms with Crippen molar-refractivity contribution in [2.45, 2.75) is 50.3 Å². The number of aryl methyl sites for hydroxylation is 1. The molecule has 294 valence electrons. The Morgan fingerprint density at radius 2 is 1.11 bits per heavy atom. The van der Waals surface area contributed by atoms with Gasteiger partial charge in [0, 0.05) is 30.3 Å². The van der Waals surface area contributed by atoms with Crippen molar-refractivity contribution in [2.75, 3.05) is 9.44 Å². The van der Waals surface area contributed by atoms with Crippen molar-refractivity contribution in [1.82, 2.24) is 14.1 Å². The van der Waals surface area contributed by atoms with E-state index < -0.39 is 31.1 Å². The van der Waals surface area contributed by atoms with Gasteiger partial charge in [-0.2, -0.15) is 43.2 Å². The molecule has 0 unspecified atom stereocenters. The van der Waals surface area contributed by atoms with Crippen molar-refractivity contribution in [1.29, 1.82) is 0 Å². The highest BCUT2D eigenvalue weighted by Crippen LogP contribution is 2.34. The molecule has 0 fully saturated rings. The lowest BCUT2D eigenvalue weighted by atomic mass is 10.0. The van der Waals surface area contributed by atoms with Crippen LogP contribution >= 0.6 is 0 Å². The van der Waals surface area contributed by atoms with Crippen LogP contribution < -0.4 is 15.0 Å². The normalized spacial score (nSPS) is 12.6. The second-order valence-electron chi connectivity index (χ2n) is 12.8. The van der Waals surface area contributed by atoms with Crippen molar-refractivity contribution < 1.29 is 43.2 Å². The van der Waals surface area contributed by atoms with Gasteiger partial charge in [-0.3, -0.25) is 14.2 Å². The van der Waals surface area contributed by atoms with E-state index in [9.17, 15) is 48.0 Å². The summed E-state index contributed by atoms with van der Waals surface area (Å²) in [5, 5.41) is 0. The highest BCUT2D eigenvalue weighted by atomic mass is 32.2. The van der Waals surface area contributed by atoms with Crippen LogP contribution in [0, 0.1) is 0 Å². The van der Waals surface area contributed by atoms with E-state index in [4.69, 9.17) is 4.98 Å². The number of fused-ring (bicyclic) bond motifs is 1. The molecule has 0 radical (unpaired) electrons. The number of benzene rings is 4. The lowest BCUT2D eigenvalue weighted by molar-refractivity contribution is -0.0435. The van der Waals surface area contributed by atoms with E-state index in [1.54, 1.807) is 82.4 Å². The van der Waals surface area contributed by atoms with Gasteiger partial charge in [0.05, 0.1) is 23.4 Å². The molecule has 0 atom stereocenters. The molecular formula is C38H33F6N5O5S2. The molecule has 0 saturated heterocycles. The third kappa shape index (κ3) is 8.45. The Morgan fingerprint density at radius 1 is 0.643 bits per heavy atom. The number of nitrogens with one attached hydrogen (secondary N) is 2. The average Bonchev–Trinajstić information content (AvgIpc) is 3.49. The summed E-state index contributed by atoms with van der Waals surface area (Å²) in [6.45, 7) is 2.37. The minimum atomic E-state index is -5.65. The molecule has 0 spiro atoms. The quantitative estimate of drug-likeness (QED) is 0.112. The third-order valence-electron chi connectivity index (χ3n) is 8.88. The van der Waals surface area contributed by atoms with E-state index in [0.29, 0.717) is 40.0 Å². The first-order chi connectivity index (χ1) is 26.4. The lowest BCUT2D eigenvalue weighted by Gasteiger charge is -2.15. The molecule has 0 saturated carbocycles. The standard InChI is InChI=1S/C38H33F6N5O5S2/c1-2-3-12-34-45-33-21-22-48(23-25-13-17-27(18-14-25)29-8-4-6-10-31(29)46-55(51,52)37(39,40)41)36(50)35(33)49(34)24-26-15-19-28(20-16-26)30-9-5-7-11-32(30)47-56(53,54)38(42,43)44/h4-11,13-22,46-47H,2-3,12,23-24H2,1H3. The van der Waals surface area contributed by atoms with Crippen molar-refractivity contribution in [3.8, 4) is 22.3 Å². The number of rotatable bonds is 13. The number of sulfonamides is 2. The summed E-state index contributed by atoms with van der Waals surface area (Å²) in [6.07, 6.45) is 3.86. The molecule has 6 rings (SSSR count). The van der Waals surface area contributed by atoms with Crippen molar-refractivity contribution in [2.24, 2.45) is 0 Å². The fraction of sp³-hybridized carbons (Fsp3) is 0.211. The van der Waals surface area contributed by atoms with E-state index >= 15 is 0 Å². The summed E-state index contributed by atoms with van der Waals surface area (Å²) < 4.78 is 132. The van der Waals surface area contributed by atoms with Gasteiger partial charge in [-0.15, -0.1) is 0 Å². The van der Waals surface area contributed by atoms with Crippen molar-refractivity contribution >= 4 is 42.5 Å². The fourth-order valence-electron chi connectivity index (χ4n) is 6.06. The van der Waals surface area contributed by atoms with Crippen LogP contribution in [-0.2, 0) is 39.6 Å². The monoisotopic (exact) mass is 817 g/mol. The van der Waals surface area contributed by atoms with Crippen molar-refractivity contribution in [3.63, 3.8) is 0 Å². The molecule has 0 bridgehead atoms. The highest BCUT2D eigenvalue weighted by Gasteiger charge is 2.47. The Balaban J connectivity index is 1.28. The predicted octanol–water partition coefficient (Wildman–Crippen LogP) is 8.49. The maximum absolute atomic E-state index is 14.0. The molecule has 0 amide bonds. The van der Waals surface area contributed by atoms with Gasteiger partial charge in [0.15, 0.2) is 0 Å². The number of pyridine rings is 1. The van der Waals surface area contributed by atoms with Crippen LogP contribution in [0.25, 0.3) is 33.3 Å². The van der Waals surface area contributed by atoms with Crippen LogP contribution in [0.2, 0.25) is 0 Å². The van der Waals surface area contributed by atoms with E-state index in [0.717, 1.165) is 18.4 Å². The second-order valence-corrected chi connectivity index (χ2v) is 16.1. The molecule has 0 aliphatic carbocycles. The van der Waals surface area contributed by atoms with Crippen molar-refractivity contribution in [3.05, 3.63) is 137 Å². The number of nitrogens with zero attached hydrogens (tertiary/aromatic N) is 3. The largest absolute Gasteiger partial charge is 0.516 e. The molecular weight excluding hydrogens is 785 g/mol. The zero-order valence-corrected chi connectivity index (χ0v) is 31.0. The second kappa shape index (κ2) is 15.5. The third-order valence-corrected chi connectivity index (χ3v) is 11.1. The number of alkyl halides is 6. The summed E-state index contributed by atoms with van der Waals surface area (Å²) in [5.41, 5.74) is -8.25. The molecule has 18 heteroatoms. The van der Waals surface area contributed by atoms with E-state index in [2.05, 4.69) is 0 Å². The Bertz CT molecular complexity index is 2660. The summed E-state index contributed by atoms with van der Waals surface area (Å²) in [7, 11) is -11.3. The van der Waals surface area contributed by atoms with Gasteiger partial charge in [-0.05, 0) is 46.9 Å². The first kappa shape index (κ1) is 40.1. The zero-order chi connectivity index (χ0) is 40.5. The summed E-state index contributed by atoms with van der Waals surface area (Å²) in [4.78, 5) is 18.8. The Hall–Kier alpha value is -5.62. The number of aromatic nitrogens is 3. The highest BCUT2D eigenvalue weighted by molar-refractivity contribution is 7.93. The molecule has 0 aliphatic rings.